The molecule has 4 bridgehead atoms. The summed E-state index contributed by atoms with van der Waals surface area (Å²) in [7, 11) is 0. The summed E-state index contributed by atoms with van der Waals surface area (Å²) in [5.41, 5.74) is 2.52. The monoisotopic (exact) mass is 533 g/mol. The van der Waals surface area contributed by atoms with Crippen molar-refractivity contribution in [2.24, 2.45) is 63.1 Å². The van der Waals surface area contributed by atoms with Gasteiger partial charge < -0.3 is 0 Å². The van der Waals surface area contributed by atoms with Crippen LogP contribution in [0.25, 0.3) is 0 Å². The second-order valence-electron chi connectivity index (χ2n) is 17.8. The third-order valence-electron chi connectivity index (χ3n) is 12.9. The quantitative estimate of drug-likeness (QED) is 0.337. The molecule has 0 atom stereocenters. The van der Waals surface area contributed by atoms with E-state index in [1.807, 2.05) is 0 Å². The first-order valence-corrected chi connectivity index (χ1v) is 17.3. The topological polar surface area (TPSA) is 0 Å². The Bertz CT molecular complexity index is 596. The lowest BCUT2D eigenvalue weighted by Crippen LogP contribution is -2.48. The Morgan fingerprint density at radius 3 is 1.16 bits per heavy atom. The van der Waals surface area contributed by atoms with Gasteiger partial charge in [-0.3, -0.25) is 0 Å². The third kappa shape index (κ3) is 10.8. The number of hydrogen-bond donors (Lipinski definition) is 0. The molecular weight excluding hydrogens is 456 g/mol. The molecule has 5 fully saturated rings. The molecule has 0 N–H and O–H groups in total. The van der Waals surface area contributed by atoms with E-state index >= 15 is 0 Å². The van der Waals surface area contributed by atoms with Crippen molar-refractivity contribution in [2.75, 3.05) is 0 Å². The van der Waals surface area contributed by atoms with Gasteiger partial charge in [-0.25, -0.2) is 0 Å². The molecule has 5 aliphatic rings. The second kappa shape index (κ2) is 14.8. The van der Waals surface area contributed by atoms with E-state index in [0.717, 1.165) is 46.8 Å². The molecule has 0 aromatic heterocycles. The van der Waals surface area contributed by atoms with Gasteiger partial charge in [-0.15, -0.1) is 0 Å². The summed E-state index contributed by atoms with van der Waals surface area (Å²) in [6.45, 7) is 34.9. The molecule has 0 unspecified atom stereocenters. The van der Waals surface area contributed by atoms with Crippen LogP contribution in [0.1, 0.15) is 181 Å². The molecular formula is C38H76. The maximum atomic E-state index is 2.47. The minimum Gasteiger partial charge on any atom is -0.0649 e. The van der Waals surface area contributed by atoms with Gasteiger partial charge in [0.2, 0.25) is 0 Å². The smallest absolute Gasteiger partial charge is 0.0267 e. The Kier molecular flexibility index (Phi) is 14.0. The molecule has 5 aliphatic carbocycles. The van der Waals surface area contributed by atoms with E-state index in [1.54, 1.807) is 38.5 Å². The molecule has 228 valence electrons. The summed E-state index contributed by atoms with van der Waals surface area (Å²) >= 11 is 0. The SMILES string of the molecule is CC(C)C(C)(C)C.CC(C)C1(C)CCCCC1.CC(C)C12CC3CC(CC(C3)C1)C2.CCC(C)(C)C(C)C. The summed E-state index contributed by atoms with van der Waals surface area (Å²) in [6.07, 6.45) is 18.1. The lowest BCUT2D eigenvalue weighted by molar-refractivity contribution is -0.0789. The lowest BCUT2D eigenvalue weighted by atomic mass is 9.47. The Labute approximate surface area is 243 Å². The summed E-state index contributed by atoms with van der Waals surface area (Å²) < 4.78 is 0. The average Bonchev–Trinajstić information content (AvgIpc) is 2.79. The maximum Gasteiger partial charge on any atom is -0.0267 e. The van der Waals surface area contributed by atoms with Crippen LogP contribution >= 0.6 is 0 Å². The van der Waals surface area contributed by atoms with Gasteiger partial charge in [0.25, 0.3) is 0 Å². The standard InChI is InChI=1S/C13H22.C10H20.C8H18.C7H16/c1-9(2)13-6-10-3-11(7-13)5-12(4-10)8-13;1-9(2)10(3)7-5-4-6-8-10;1-6-8(4,5)7(2)3;1-6(2)7(3,4)5/h9-12H,3-8H2,1-2H3;9H,4-8H2,1-3H3;7H,6H2,1-5H3;6H,1-5H3. The zero-order chi connectivity index (χ0) is 29.5. The van der Waals surface area contributed by atoms with Crippen molar-refractivity contribution in [3.05, 3.63) is 0 Å². The highest BCUT2D eigenvalue weighted by Gasteiger charge is 2.51. The van der Waals surface area contributed by atoms with Gasteiger partial charge in [0.1, 0.15) is 0 Å². The van der Waals surface area contributed by atoms with Gasteiger partial charge in [0, 0.05) is 0 Å². The molecule has 0 aromatic rings. The molecule has 0 heterocycles. The highest BCUT2D eigenvalue weighted by Crippen LogP contribution is 2.62. The Hall–Kier alpha value is 0. The second-order valence-corrected chi connectivity index (χ2v) is 17.8. The highest BCUT2D eigenvalue weighted by molar-refractivity contribution is 5.02. The largest absolute Gasteiger partial charge is 0.0649 e. The molecule has 0 heteroatoms. The van der Waals surface area contributed by atoms with Crippen molar-refractivity contribution in [3.8, 4) is 0 Å². The Balaban J connectivity index is 0.000000263. The fourth-order valence-electron chi connectivity index (χ4n) is 7.23. The van der Waals surface area contributed by atoms with Crippen LogP contribution in [-0.4, -0.2) is 0 Å². The van der Waals surface area contributed by atoms with Crippen LogP contribution in [0, 0.1) is 63.1 Å². The lowest BCUT2D eigenvalue weighted by Gasteiger charge is -2.58. The molecule has 0 aliphatic heterocycles. The van der Waals surface area contributed by atoms with E-state index in [-0.39, 0.29) is 0 Å². The minimum atomic E-state index is 0.500. The van der Waals surface area contributed by atoms with Crippen LogP contribution < -0.4 is 0 Å². The molecule has 38 heavy (non-hydrogen) atoms. The fourth-order valence-corrected chi connectivity index (χ4v) is 7.23. The van der Waals surface area contributed by atoms with Gasteiger partial charge in [0.05, 0.1) is 0 Å². The van der Waals surface area contributed by atoms with Crippen LogP contribution in [-0.2, 0) is 0 Å². The maximum absolute atomic E-state index is 2.47. The zero-order valence-electron chi connectivity index (χ0n) is 29.5. The summed E-state index contributed by atoms with van der Waals surface area (Å²) in [4.78, 5) is 0. The van der Waals surface area contributed by atoms with Crippen molar-refractivity contribution >= 4 is 0 Å². The first kappa shape index (κ1) is 36.0. The summed E-state index contributed by atoms with van der Waals surface area (Å²) in [5.74, 6) is 6.84. The van der Waals surface area contributed by atoms with Crippen molar-refractivity contribution < 1.29 is 0 Å². The van der Waals surface area contributed by atoms with Crippen molar-refractivity contribution in [1.29, 1.82) is 0 Å². The number of rotatable bonds is 4. The van der Waals surface area contributed by atoms with Gasteiger partial charge in [-0.1, -0.05) is 130 Å². The summed E-state index contributed by atoms with van der Waals surface area (Å²) in [6, 6.07) is 0. The van der Waals surface area contributed by atoms with Gasteiger partial charge >= 0.3 is 0 Å². The Morgan fingerprint density at radius 1 is 0.605 bits per heavy atom. The van der Waals surface area contributed by atoms with Crippen LogP contribution in [0.4, 0.5) is 0 Å². The predicted molar refractivity (Wildman–Crippen MR) is 175 cm³/mol. The minimum absolute atomic E-state index is 0.500. The highest BCUT2D eigenvalue weighted by atomic mass is 14.6. The van der Waals surface area contributed by atoms with Crippen LogP contribution in [0.3, 0.4) is 0 Å². The molecule has 5 saturated carbocycles. The van der Waals surface area contributed by atoms with Crippen molar-refractivity contribution in [1.82, 2.24) is 0 Å². The van der Waals surface area contributed by atoms with E-state index in [0.29, 0.717) is 16.2 Å². The van der Waals surface area contributed by atoms with E-state index in [1.165, 1.54) is 38.5 Å². The molecule has 0 spiro atoms. The number of hydrogen-bond acceptors (Lipinski definition) is 0. The molecule has 0 amide bonds. The van der Waals surface area contributed by atoms with Crippen molar-refractivity contribution in [2.45, 2.75) is 181 Å². The fraction of sp³-hybridized carbons (Fsp3) is 1.00. The molecule has 0 nitrogen and oxygen atoms in total. The van der Waals surface area contributed by atoms with Gasteiger partial charge in [0.15, 0.2) is 0 Å². The van der Waals surface area contributed by atoms with Crippen molar-refractivity contribution in [3.63, 3.8) is 0 Å². The first-order chi connectivity index (χ1) is 17.3. The Morgan fingerprint density at radius 2 is 0.974 bits per heavy atom. The molecule has 5 rings (SSSR count). The predicted octanol–water partition coefficient (Wildman–Crippen LogP) is 13.2. The van der Waals surface area contributed by atoms with Gasteiger partial charge in [-0.2, -0.15) is 0 Å². The summed E-state index contributed by atoms with van der Waals surface area (Å²) in [5, 5.41) is 0. The van der Waals surface area contributed by atoms with E-state index in [4.69, 9.17) is 0 Å². The van der Waals surface area contributed by atoms with E-state index < -0.39 is 0 Å². The molecule has 0 saturated heterocycles. The zero-order valence-corrected chi connectivity index (χ0v) is 29.5. The molecule has 0 aromatic carbocycles. The third-order valence-corrected chi connectivity index (χ3v) is 12.9. The van der Waals surface area contributed by atoms with E-state index in [9.17, 15) is 0 Å². The van der Waals surface area contributed by atoms with Crippen LogP contribution in [0.2, 0.25) is 0 Å². The first-order valence-electron chi connectivity index (χ1n) is 17.3. The van der Waals surface area contributed by atoms with Crippen LogP contribution in [0.15, 0.2) is 0 Å². The van der Waals surface area contributed by atoms with Crippen LogP contribution in [0.5, 0.6) is 0 Å². The molecule has 0 radical (unpaired) electrons. The average molecular weight is 533 g/mol. The van der Waals surface area contributed by atoms with E-state index in [2.05, 4.69) is 104 Å². The van der Waals surface area contributed by atoms with Gasteiger partial charge in [-0.05, 0) is 114 Å². The normalized spacial score (nSPS) is 29.9.